The normalized spacial score (nSPS) is 11.2. The van der Waals surface area contributed by atoms with Gasteiger partial charge in [0.15, 0.2) is 5.43 Å². The molecule has 0 N–H and O–H groups in total. The van der Waals surface area contributed by atoms with E-state index in [4.69, 9.17) is 0 Å². The summed E-state index contributed by atoms with van der Waals surface area (Å²) < 4.78 is 1.27. The van der Waals surface area contributed by atoms with E-state index < -0.39 is 0 Å². The molecule has 84 valence electrons. The first-order valence-electron chi connectivity index (χ1n) is 5.58. The van der Waals surface area contributed by atoms with E-state index in [2.05, 4.69) is 23.6 Å². The highest BCUT2D eigenvalue weighted by molar-refractivity contribution is 7.17. The van der Waals surface area contributed by atoms with Crippen LogP contribution in [0.25, 0.3) is 20.9 Å². The summed E-state index contributed by atoms with van der Waals surface area (Å²) in [5, 5.41) is 5.63. The van der Waals surface area contributed by atoms with Gasteiger partial charge in [-0.2, -0.15) is 0 Å². The van der Waals surface area contributed by atoms with Crippen molar-refractivity contribution in [3.8, 4) is 0 Å². The van der Waals surface area contributed by atoms with Gasteiger partial charge >= 0.3 is 0 Å². The van der Waals surface area contributed by atoms with Crippen molar-refractivity contribution in [2.24, 2.45) is 0 Å². The number of rotatable bonds is 0. The molecule has 3 rings (SSSR count). The van der Waals surface area contributed by atoms with Gasteiger partial charge in [-0.05, 0) is 76.8 Å². The third kappa shape index (κ3) is 1.65. The maximum Gasteiger partial charge on any atom is 0.184 e. The van der Waals surface area contributed by atoms with Crippen LogP contribution in [-0.2, 0) is 0 Å². The molecule has 1 heterocycles. The van der Waals surface area contributed by atoms with Crippen molar-refractivity contribution in [3.63, 3.8) is 0 Å². The smallest absolute Gasteiger partial charge is 0.184 e. The van der Waals surface area contributed by atoms with Crippen LogP contribution in [0.2, 0.25) is 0 Å². The van der Waals surface area contributed by atoms with E-state index in [1.165, 1.54) is 10.1 Å². The minimum absolute atomic E-state index is 0.143. The van der Waals surface area contributed by atoms with E-state index in [0.717, 1.165) is 21.9 Å². The van der Waals surface area contributed by atoms with Crippen LogP contribution >= 0.6 is 11.3 Å². The van der Waals surface area contributed by atoms with Gasteiger partial charge in [0.2, 0.25) is 0 Å². The van der Waals surface area contributed by atoms with E-state index in [1.807, 2.05) is 26.0 Å². The SMILES string of the molecule is Cc1cc2cc3ccsc3cc2cc(C)c1=O. The van der Waals surface area contributed by atoms with Crippen molar-refractivity contribution < 1.29 is 0 Å². The van der Waals surface area contributed by atoms with Crippen molar-refractivity contribution in [2.45, 2.75) is 13.8 Å². The van der Waals surface area contributed by atoms with Gasteiger partial charge in [-0.1, -0.05) is 0 Å². The van der Waals surface area contributed by atoms with Crippen LogP contribution in [0.1, 0.15) is 11.1 Å². The molecule has 0 aliphatic carbocycles. The summed E-state index contributed by atoms with van der Waals surface area (Å²) in [7, 11) is 0. The summed E-state index contributed by atoms with van der Waals surface area (Å²) in [6, 6.07) is 10.4. The predicted molar refractivity (Wildman–Crippen MR) is 75.1 cm³/mol. The summed E-state index contributed by atoms with van der Waals surface area (Å²) in [5.41, 5.74) is 1.77. The maximum atomic E-state index is 11.9. The summed E-state index contributed by atoms with van der Waals surface area (Å²) in [5.74, 6) is 0. The summed E-state index contributed by atoms with van der Waals surface area (Å²) in [6.07, 6.45) is 0. The highest BCUT2D eigenvalue weighted by Crippen LogP contribution is 2.26. The minimum atomic E-state index is 0.143. The fraction of sp³-hybridized carbons (Fsp3) is 0.133. The van der Waals surface area contributed by atoms with E-state index in [0.29, 0.717) is 0 Å². The molecule has 0 saturated heterocycles. The van der Waals surface area contributed by atoms with E-state index in [1.54, 1.807) is 11.3 Å². The Hall–Kier alpha value is -1.67. The van der Waals surface area contributed by atoms with Gasteiger partial charge in [-0.25, -0.2) is 0 Å². The third-order valence-corrected chi connectivity index (χ3v) is 4.00. The molecule has 1 nitrogen and oxygen atoms in total. The first-order chi connectivity index (χ1) is 8.15. The zero-order chi connectivity index (χ0) is 12.0. The molecule has 17 heavy (non-hydrogen) atoms. The molecule has 0 spiro atoms. The highest BCUT2D eigenvalue weighted by atomic mass is 32.1. The lowest BCUT2D eigenvalue weighted by Crippen LogP contribution is -2.03. The van der Waals surface area contributed by atoms with Crippen LogP contribution in [0.15, 0.2) is 40.5 Å². The molecule has 1 aromatic heterocycles. The monoisotopic (exact) mass is 240 g/mol. The Kier molecular flexibility index (Phi) is 2.26. The predicted octanol–water partition coefficient (Wildman–Crippen LogP) is 4.03. The zero-order valence-corrected chi connectivity index (χ0v) is 10.6. The molecular formula is C15H12OS. The van der Waals surface area contributed by atoms with Crippen molar-refractivity contribution in [3.05, 3.63) is 57.1 Å². The molecule has 2 heteroatoms. The summed E-state index contributed by atoms with van der Waals surface area (Å²) >= 11 is 1.73. The van der Waals surface area contributed by atoms with Gasteiger partial charge in [-0.3, -0.25) is 4.79 Å². The molecule has 0 aliphatic rings. The molecule has 0 unspecified atom stereocenters. The lowest BCUT2D eigenvalue weighted by molar-refractivity contribution is 1.35. The average Bonchev–Trinajstić information content (AvgIpc) is 2.71. The third-order valence-electron chi connectivity index (χ3n) is 3.12. The second kappa shape index (κ2) is 3.67. The van der Waals surface area contributed by atoms with Gasteiger partial charge in [0, 0.05) is 4.70 Å². The molecule has 0 amide bonds. The van der Waals surface area contributed by atoms with Crippen LogP contribution in [0.3, 0.4) is 0 Å². The lowest BCUT2D eigenvalue weighted by Gasteiger charge is -1.94. The fourth-order valence-electron chi connectivity index (χ4n) is 2.20. The second-order valence-corrected chi connectivity index (χ2v) is 5.37. The number of hydrogen-bond acceptors (Lipinski definition) is 2. The molecule has 0 radical (unpaired) electrons. The fourth-order valence-corrected chi connectivity index (χ4v) is 3.02. The van der Waals surface area contributed by atoms with Gasteiger partial charge in [-0.15, -0.1) is 11.3 Å². The van der Waals surface area contributed by atoms with E-state index in [9.17, 15) is 4.79 Å². The van der Waals surface area contributed by atoms with Crippen LogP contribution in [0.5, 0.6) is 0 Å². The molecule has 0 atom stereocenters. The van der Waals surface area contributed by atoms with Gasteiger partial charge in [0.25, 0.3) is 0 Å². The van der Waals surface area contributed by atoms with Gasteiger partial charge < -0.3 is 0 Å². The quantitative estimate of drug-likeness (QED) is 0.579. The Labute approximate surface area is 103 Å². The van der Waals surface area contributed by atoms with Crippen molar-refractivity contribution in [1.29, 1.82) is 0 Å². The molecule has 0 bridgehead atoms. The Balaban J connectivity index is 2.57. The van der Waals surface area contributed by atoms with Crippen molar-refractivity contribution in [2.75, 3.05) is 0 Å². The van der Waals surface area contributed by atoms with Crippen LogP contribution in [0.4, 0.5) is 0 Å². The standard InChI is InChI=1S/C15H12OS/c1-9-5-12-7-11-3-4-17-14(11)8-13(12)6-10(2)15(9)16/h3-8H,1-2H3. The molecular weight excluding hydrogens is 228 g/mol. The first-order valence-corrected chi connectivity index (χ1v) is 6.46. The van der Waals surface area contributed by atoms with Crippen molar-refractivity contribution >= 4 is 32.2 Å². The molecule has 3 aromatic rings. The number of hydrogen-bond donors (Lipinski definition) is 0. The maximum absolute atomic E-state index is 11.9. The minimum Gasteiger partial charge on any atom is -0.289 e. The van der Waals surface area contributed by atoms with E-state index >= 15 is 0 Å². The Morgan fingerprint density at radius 2 is 1.53 bits per heavy atom. The average molecular weight is 240 g/mol. The number of fused-ring (bicyclic) bond motifs is 2. The Morgan fingerprint density at radius 1 is 0.882 bits per heavy atom. The molecule has 0 saturated carbocycles. The van der Waals surface area contributed by atoms with Gasteiger partial charge in [0.05, 0.1) is 0 Å². The second-order valence-electron chi connectivity index (χ2n) is 4.42. The topological polar surface area (TPSA) is 17.1 Å². The number of aryl methyl sites for hydroxylation is 2. The molecule has 0 aliphatic heterocycles. The largest absolute Gasteiger partial charge is 0.289 e. The van der Waals surface area contributed by atoms with E-state index in [-0.39, 0.29) is 5.43 Å². The first kappa shape index (κ1) is 10.5. The van der Waals surface area contributed by atoms with Crippen LogP contribution in [0, 0.1) is 13.8 Å². The lowest BCUT2D eigenvalue weighted by atomic mass is 10.1. The number of benzene rings is 1. The summed E-state index contributed by atoms with van der Waals surface area (Å²) in [6.45, 7) is 3.76. The summed E-state index contributed by atoms with van der Waals surface area (Å²) in [4.78, 5) is 11.9. The number of thiophene rings is 1. The van der Waals surface area contributed by atoms with Crippen LogP contribution in [-0.4, -0.2) is 0 Å². The zero-order valence-electron chi connectivity index (χ0n) is 9.78. The molecule has 2 aromatic carbocycles. The highest BCUT2D eigenvalue weighted by Gasteiger charge is 2.02. The Morgan fingerprint density at radius 3 is 2.24 bits per heavy atom. The van der Waals surface area contributed by atoms with Crippen LogP contribution < -0.4 is 5.43 Å². The molecule has 0 fully saturated rings. The van der Waals surface area contributed by atoms with Crippen molar-refractivity contribution in [1.82, 2.24) is 0 Å². The van der Waals surface area contributed by atoms with Gasteiger partial charge in [0.1, 0.15) is 0 Å². The Bertz CT molecular complexity index is 722.